The molecule has 0 atom stereocenters. The number of hydrogen-bond donors (Lipinski definition) is 3. The summed E-state index contributed by atoms with van der Waals surface area (Å²) in [4.78, 5) is 26.9. The van der Waals surface area contributed by atoms with Crippen LogP contribution in [0.3, 0.4) is 0 Å². The number of rotatable bonds is 9. The van der Waals surface area contributed by atoms with Crippen LogP contribution in [0.2, 0.25) is 0 Å². The number of carbonyl (C=O) groups excluding carboxylic acids is 1. The Bertz CT molecular complexity index is 1730. The van der Waals surface area contributed by atoms with Gasteiger partial charge in [0.15, 0.2) is 5.65 Å². The van der Waals surface area contributed by atoms with Gasteiger partial charge in [-0.25, -0.2) is 0 Å². The van der Waals surface area contributed by atoms with Gasteiger partial charge in [-0.3, -0.25) is 4.79 Å². The molecule has 1 aliphatic rings. The lowest BCUT2D eigenvalue weighted by Crippen LogP contribution is -2.36. The quantitative estimate of drug-likeness (QED) is 0.200. The first kappa shape index (κ1) is 27.5. The van der Waals surface area contributed by atoms with Crippen molar-refractivity contribution < 1.29 is 9.53 Å². The van der Waals surface area contributed by atoms with Crippen molar-refractivity contribution in [3.63, 3.8) is 0 Å². The van der Waals surface area contributed by atoms with Crippen LogP contribution in [-0.2, 0) is 11.3 Å². The average Bonchev–Trinajstić information content (AvgIpc) is 3.62. The van der Waals surface area contributed by atoms with Gasteiger partial charge in [0.05, 0.1) is 6.20 Å². The zero-order valence-corrected chi connectivity index (χ0v) is 24.2. The van der Waals surface area contributed by atoms with Crippen LogP contribution >= 0.6 is 0 Å². The highest BCUT2D eigenvalue weighted by atomic mass is 16.5. The number of hydrogen-bond acceptors (Lipinski definition) is 7. The molecule has 1 aliphatic heterocycles. The molecule has 216 valence electrons. The van der Waals surface area contributed by atoms with Crippen molar-refractivity contribution in [1.29, 1.82) is 0 Å². The number of fused-ring (bicyclic) bond motifs is 2. The van der Waals surface area contributed by atoms with Crippen LogP contribution < -0.4 is 15.4 Å². The molecule has 42 heavy (non-hydrogen) atoms. The SMILES string of the molecule is C=CC(=O)Nc1ccc(-c2cc3ccc(CNc4nc(OC5CCN(C)CC5)nc5c(C(C)C)cnn45)cc3[nH]2)cc1. The summed E-state index contributed by atoms with van der Waals surface area (Å²) < 4.78 is 8.05. The fourth-order valence-electron chi connectivity index (χ4n) is 5.25. The molecule has 2 aromatic carbocycles. The van der Waals surface area contributed by atoms with E-state index in [4.69, 9.17) is 14.7 Å². The molecule has 10 nitrogen and oxygen atoms in total. The van der Waals surface area contributed by atoms with Crippen LogP contribution in [0.15, 0.2) is 67.4 Å². The second-order valence-electron chi connectivity index (χ2n) is 11.2. The Morgan fingerprint density at radius 3 is 2.67 bits per heavy atom. The van der Waals surface area contributed by atoms with E-state index in [-0.39, 0.29) is 17.9 Å². The minimum absolute atomic E-state index is 0.105. The van der Waals surface area contributed by atoms with Gasteiger partial charge in [0.1, 0.15) is 6.10 Å². The first-order valence-corrected chi connectivity index (χ1v) is 14.4. The summed E-state index contributed by atoms with van der Waals surface area (Å²) in [6, 6.07) is 16.6. The second kappa shape index (κ2) is 11.7. The third-order valence-corrected chi connectivity index (χ3v) is 7.72. The van der Waals surface area contributed by atoms with Gasteiger partial charge in [0.2, 0.25) is 11.9 Å². The molecular weight excluding hydrogens is 528 g/mol. The Kier molecular flexibility index (Phi) is 7.62. The summed E-state index contributed by atoms with van der Waals surface area (Å²) in [6.07, 6.45) is 5.14. The van der Waals surface area contributed by atoms with Gasteiger partial charge < -0.3 is 25.3 Å². The number of nitrogens with one attached hydrogen (secondary N) is 3. The molecule has 10 heteroatoms. The summed E-state index contributed by atoms with van der Waals surface area (Å²) in [5, 5.41) is 12.0. The highest BCUT2D eigenvalue weighted by Crippen LogP contribution is 2.27. The molecule has 0 bridgehead atoms. The van der Waals surface area contributed by atoms with Gasteiger partial charge in [-0.15, -0.1) is 0 Å². The lowest BCUT2D eigenvalue weighted by Gasteiger charge is -2.28. The van der Waals surface area contributed by atoms with E-state index < -0.39 is 0 Å². The Morgan fingerprint density at radius 1 is 1.14 bits per heavy atom. The fourth-order valence-corrected chi connectivity index (χ4v) is 5.25. The lowest BCUT2D eigenvalue weighted by molar-refractivity contribution is -0.111. The van der Waals surface area contributed by atoms with Gasteiger partial charge in [0, 0.05) is 47.5 Å². The smallest absolute Gasteiger partial charge is 0.322 e. The van der Waals surface area contributed by atoms with E-state index in [2.05, 4.69) is 77.4 Å². The molecule has 3 aromatic heterocycles. The van der Waals surface area contributed by atoms with Crippen LogP contribution in [0.25, 0.3) is 27.8 Å². The second-order valence-corrected chi connectivity index (χ2v) is 11.2. The van der Waals surface area contributed by atoms with Crippen molar-refractivity contribution in [3.05, 3.63) is 78.5 Å². The number of anilines is 2. The number of carbonyl (C=O) groups is 1. The van der Waals surface area contributed by atoms with Crippen LogP contribution in [-0.4, -0.2) is 61.6 Å². The van der Waals surface area contributed by atoms with Gasteiger partial charge >= 0.3 is 6.01 Å². The molecule has 5 aromatic rings. The maximum Gasteiger partial charge on any atom is 0.322 e. The van der Waals surface area contributed by atoms with Crippen LogP contribution in [0, 0.1) is 0 Å². The third kappa shape index (κ3) is 5.84. The van der Waals surface area contributed by atoms with E-state index in [0.29, 0.717) is 18.5 Å². The molecule has 0 unspecified atom stereocenters. The normalized spacial score (nSPS) is 14.5. The van der Waals surface area contributed by atoms with E-state index in [1.165, 1.54) is 6.08 Å². The minimum atomic E-state index is -0.230. The summed E-state index contributed by atoms with van der Waals surface area (Å²) in [7, 11) is 2.14. The van der Waals surface area contributed by atoms with E-state index in [9.17, 15) is 4.79 Å². The Morgan fingerprint density at radius 2 is 1.93 bits per heavy atom. The highest BCUT2D eigenvalue weighted by Gasteiger charge is 2.22. The van der Waals surface area contributed by atoms with E-state index in [1.807, 2.05) is 30.5 Å². The zero-order chi connectivity index (χ0) is 29.2. The Labute approximate surface area is 244 Å². The van der Waals surface area contributed by atoms with E-state index in [1.54, 1.807) is 4.52 Å². The fraction of sp³-hybridized carbons (Fsp3) is 0.312. The van der Waals surface area contributed by atoms with Crippen molar-refractivity contribution in [1.82, 2.24) is 29.5 Å². The third-order valence-electron chi connectivity index (χ3n) is 7.72. The molecule has 3 N–H and O–H groups in total. The molecule has 6 rings (SSSR count). The molecule has 0 radical (unpaired) electrons. The highest BCUT2D eigenvalue weighted by molar-refractivity contribution is 5.99. The molecular formula is C32H36N8O2. The monoisotopic (exact) mass is 564 g/mol. The van der Waals surface area contributed by atoms with Gasteiger partial charge in [-0.2, -0.15) is 19.6 Å². The van der Waals surface area contributed by atoms with Gasteiger partial charge in [0.25, 0.3) is 0 Å². The molecule has 1 saturated heterocycles. The van der Waals surface area contributed by atoms with Crippen molar-refractivity contribution in [2.45, 2.75) is 45.3 Å². The molecule has 0 spiro atoms. The van der Waals surface area contributed by atoms with Crippen molar-refractivity contribution in [3.8, 4) is 17.3 Å². The predicted molar refractivity (Wildman–Crippen MR) is 166 cm³/mol. The van der Waals surface area contributed by atoms with Crippen LogP contribution in [0.4, 0.5) is 11.6 Å². The number of amides is 1. The van der Waals surface area contributed by atoms with Crippen LogP contribution in [0.5, 0.6) is 6.01 Å². The number of ether oxygens (including phenoxy) is 1. The number of aromatic nitrogens is 5. The number of H-pyrrole nitrogens is 1. The van der Waals surface area contributed by atoms with Gasteiger partial charge in [-0.1, -0.05) is 44.7 Å². The predicted octanol–water partition coefficient (Wildman–Crippen LogP) is 5.61. The van der Waals surface area contributed by atoms with Crippen LogP contribution in [0.1, 0.15) is 43.7 Å². The lowest BCUT2D eigenvalue weighted by atomic mass is 10.1. The molecule has 1 amide bonds. The standard InChI is InChI=1S/C32H36N8O2/c1-5-29(41)35-24-10-8-22(9-11-24)28-17-23-7-6-21(16-27(23)36-28)18-33-31-38-32(42-25-12-14-39(4)15-13-25)37-30-26(20(2)3)19-34-40(30)31/h5-11,16-17,19-20,25,36H,1,12-15,18H2,2-4H3,(H,35,41)(H,33,37,38). The molecule has 0 saturated carbocycles. The van der Waals surface area contributed by atoms with Crippen molar-refractivity contribution in [2.24, 2.45) is 0 Å². The molecule has 1 fully saturated rings. The number of likely N-dealkylation sites (tertiary alicyclic amines) is 1. The summed E-state index contributed by atoms with van der Waals surface area (Å²) in [5.41, 5.74) is 6.72. The summed E-state index contributed by atoms with van der Waals surface area (Å²) >= 11 is 0. The van der Waals surface area contributed by atoms with E-state index in [0.717, 1.165) is 70.6 Å². The number of piperidine rings is 1. The summed E-state index contributed by atoms with van der Waals surface area (Å²) in [6.45, 7) is 10.3. The van der Waals surface area contributed by atoms with Crippen molar-refractivity contribution in [2.75, 3.05) is 30.8 Å². The van der Waals surface area contributed by atoms with Gasteiger partial charge in [-0.05, 0) is 67.3 Å². The average molecular weight is 565 g/mol. The zero-order valence-electron chi connectivity index (χ0n) is 24.2. The topological polar surface area (TPSA) is 112 Å². The molecule has 0 aliphatic carbocycles. The number of aromatic amines is 1. The maximum atomic E-state index is 11.6. The van der Waals surface area contributed by atoms with E-state index >= 15 is 0 Å². The maximum absolute atomic E-state index is 11.6. The number of nitrogens with zero attached hydrogens (tertiary/aromatic N) is 5. The minimum Gasteiger partial charge on any atom is -0.460 e. The molecule has 4 heterocycles. The Hall–Kier alpha value is -4.70. The van der Waals surface area contributed by atoms with Crippen molar-refractivity contribution >= 4 is 34.1 Å². The first-order valence-electron chi connectivity index (χ1n) is 14.4. The Balaban J connectivity index is 1.21. The first-order chi connectivity index (χ1) is 20.4. The summed E-state index contributed by atoms with van der Waals surface area (Å²) in [5.74, 6) is 0.643. The largest absolute Gasteiger partial charge is 0.460 e. The number of benzene rings is 2.